The molecule has 2 unspecified atom stereocenters. The van der Waals surface area contributed by atoms with E-state index in [-0.39, 0.29) is 6.04 Å². The number of amides is 1. The smallest absolute Gasteiger partial charge is 0.404 e. The lowest BCUT2D eigenvalue weighted by atomic mass is 9.90. The number of hydrogen-bond donors (Lipinski definition) is 3. The molecule has 1 fully saturated rings. The number of nitrogens with one attached hydrogen (secondary N) is 2. The molecule has 0 radical (unpaired) electrons. The lowest BCUT2D eigenvalue weighted by molar-refractivity contribution is 0.179. The van der Waals surface area contributed by atoms with Gasteiger partial charge in [-0.3, -0.25) is 0 Å². The van der Waals surface area contributed by atoms with Crippen molar-refractivity contribution >= 4 is 6.09 Å². The standard InChI is InChI=1S/C11H22N2O2/c1-2-3-8-12-9-6-4-5-7-10(9)13-11(14)15/h9-10,12-13H,2-8H2,1H3,(H,14,15). The number of unbranched alkanes of at least 4 members (excludes halogenated alkanes) is 1. The monoisotopic (exact) mass is 214 g/mol. The summed E-state index contributed by atoms with van der Waals surface area (Å²) in [5.41, 5.74) is 0. The van der Waals surface area contributed by atoms with Crippen molar-refractivity contribution in [2.45, 2.75) is 57.5 Å². The molecule has 0 aromatic rings. The molecule has 1 saturated carbocycles. The molecule has 4 heteroatoms. The molecule has 1 rings (SSSR count). The van der Waals surface area contributed by atoms with Crippen molar-refractivity contribution in [2.75, 3.05) is 6.54 Å². The molecular formula is C11H22N2O2. The van der Waals surface area contributed by atoms with Crippen LogP contribution >= 0.6 is 0 Å². The van der Waals surface area contributed by atoms with E-state index in [1.54, 1.807) is 0 Å². The van der Waals surface area contributed by atoms with Gasteiger partial charge in [0.1, 0.15) is 0 Å². The highest BCUT2D eigenvalue weighted by Gasteiger charge is 2.25. The van der Waals surface area contributed by atoms with Crippen LogP contribution in [0.4, 0.5) is 4.79 Å². The molecule has 0 saturated heterocycles. The average molecular weight is 214 g/mol. The summed E-state index contributed by atoms with van der Waals surface area (Å²) in [5, 5.41) is 14.8. The summed E-state index contributed by atoms with van der Waals surface area (Å²) >= 11 is 0. The molecule has 0 aromatic heterocycles. The Morgan fingerprint density at radius 1 is 1.33 bits per heavy atom. The second-order valence-corrected chi connectivity index (χ2v) is 4.25. The molecule has 15 heavy (non-hydrogen) atoms. The second kappa shape index (κ2) is 6.67. The van der Waals surface area contributed by atoms with E-state index in [1.165, 1.54) is 12.8 Å². The number of carboxylic acid groups (broad SMARTS) is 1. The Balaban J connectivity index is 2.32. The number of rotatable bonds is 5. The number of carbonyl (C=O) groups is 1. The fourth-order valence-corrected chi connectivity index (χ4v) is 2.17. The van der Waals surface area contributed by atoms with E-state index >= 15 is 0 Å². The van der Waals surface area contributed by atoms with Crippen LogP contribution in [0.2, 0.25) is 0 Å². The van der Waals surface area contributed by atoms with Crippen LogP contribution in [0.15, 0.2) is 0 Å². The number of hydrogen-bond acceptors (Lipinski definition) is 2. The molecule has 2 atom stereocenters. The molecule has 1 amide bonds. The molecule has 0 heterocycles. The minimum absolute atomic E-state index is 0.105. The second-order valence-electron chi connectivity index (χ2n) is 4.25. The lowest BCUT2D eigenvalue weighted by Crippen LogP contribution is -2.51. The molecule has 3 N–H and O–H groups in total. The van der Waals surface area contributed by atoms with Gasteiger partial charge in [0.05, 0.1) is 0 Å². The Morgan fingerprint density at radius 3 is 2.60 bits per heavy atom. The zero-order valence-electron chi connectivity index (χ0n) is 9.46. The molecule has 88 valence electrons. The largest absolute Gasteiger partial charge is 0.465 e. The third-order valence-electron chi connectivity index (χ3n) is 3.01. The van der Waals surface area contributed by atoms with Gasteiger partial charge in [-0.1, -0.05) is 26.2 Å². The minimum atomic E-state index is -0.899. The predicted molar refractivity (Wildman–Crippen MR) is 60.1 cm³/mol. The van der Waals surface area contributed by atoms with Gasteiger partial charge in [0, 0.05) is 12.1 Å². The van der Waals surface area contributed by atoms with Crippen molar-refractivity contribution < 1.29 is 9.90 Å². The minimum Gasteiger partial charge on any atom is -0.465 e. The quantitative estimate of drug-likeness (QED) is 0.613. The van der Waals surface area contributed by atoms with E-state index in [9.17, 15) is 4.79 Å². The maximum absolute atomic E-state index is 10.6. The van der Waals surface area contributed by atoms with E-state index in [1.807, 2.05) is 0 Å². The summed E-state index contributed by atoms with van der Waals surface area (Å²) in [6.07, 6.45) is 5.85. The SMILES string of the molecule is CCCCNC1CCCCC1NC(=O)O. The molecule has 0 aliphatic heterocycles. The van der Waals surface area contributed by atoms with Gasteiger partial charge in [-0.15, -0.1) is 0 Å². The first-order valence-electron chi connectivity index (χ1n) is 5.97. The third-order valence-corrected chi connectivity index (χ3v) is 3.01. The third kappa shape index (κ3) is 4.51. The summed E-state index contributed by atoms with van der Waals surface area (Å²) in [5.74, 6) is 0. The first kappa shape index (κ1) is 12.3. The fraction of sp³-hybridized carbons (Fsp3) is 0.909. The van der Waals surface area contributed by atoms with Crippen molar-refractivity contribution in [3.8, 4) is 0 Å². The molecule has 0 aromatic carbocycles. The van der Waals surface area contributed by atoms with Crippen LogP contribution in [0.3, 0.4) is 0 Å². The molecular weight excluding hydrogens is 192 g/mol. The van der Waals surface area contributed by atoms with Gasteiger partial charge >= 0.3 is 6.09 Å². The van der Waals surface area contributed by atoms with E-state index in [0.29, 0.717) is 6.04 Å². The van der Waals surface area contributed by atoms with Crippen molar-refractivity contribution in [3.05, 3.63) is 0 Å². The van der Waals surface area contributed by atoms with Gasteiger partial charge in [0.15, 0.2) is 0 Å². The van der Waals surface area contributed by atoms with Gasteiger partial charge in [-0.2, -0.15) is 0 Å². The van der Waals surface area contributed by atoms with E-state index in [2.05, 4.69) is 17.6 Å². The van der Waals surface area contributed by atoms with E-state index < -0.39 is 6.09 Å². The maximum Gasteiger partial charge on any atom is 0.404 e. The Hall–Kier alpha value is -0.770. The topological polar surface area (TPSA) is 61.4 Å². The predicted octanol–water partition coefficient (Wildman–Crippen LogP) is 1.95. The van der Waals surface area contributed by atoms with Crippen LogP contribution in [0.5, 0.6) is 0 Å². The van der Waals surface area contributed by atoms with Crippen molar-refractivity contribution in [3.63, 3.8) is 0 Å². The Kier molecular flexibility index (Phi) is 5.47. The maximum atomic E-state index is 10.6. The zero-order valence-corrected chi connectivity index (χ0v) is 9.46. The van der Waals surface area contributed by atoms with E-state index in [0.717, 1.165) is 32.2 Å². The van der Waals surface area contributed by atoms with Gasteiger partial charge in [-0.05, 0) is 25.8 Å². The van der Waals surface area contributed by atoms with Gasteiger partial charge in [0.2, 0.25) is 0 Å². The highest BCUT2D eigenvalue weighted by atomic mass is 16.4. The van der Waals surface area contributed by atoms with Crippen LogP contribution in [-0.4, -0.2) is 29.8 Å². The normalized spacial score (nSPS) is 26.2. The van der Waals surface area contributed by atoms with Gasteiger partial charge in [-0.25, -0.2) is 4.79 Å². The summed E-state index contributed by atoms with van der Waals surface area (Å²) in [7, 11) is 0. The molecule has 1 aliphatic carbocycles. The Bertz CT molecular complexity index is 197. The zero-order chi connectivity index (χ0) is 11.1. The first-order chi connectivity index (χ1) is 7.24. The molecule has 1 aliphatic rings. The van der Waals surface area contributed by atoms with E-state index in [4.69, 9.17) is 5.11 Å². The van der Waals surface area contributed by atoms with Crippen molar-refractivity contribution in [1.29, 1.82) is 0 Å². The summed E-state index contributed by atoms with van der Waals surface area (Å²) < 4.78 is 0. The van der Waals surface area contributed by atoms with Crippen molar-refractivity contribution in [1.82, 2.24) is 10.6 Å². The van der Waals surface area contributed by atoms with Gasteiger partial charge in [0.25, 0.3) is 0 Å². The van der Waals surface area contributed by atoms with Crippen LogP contribution in [-0.2, 0) is 0 Å². The summed E-state index contributed by atoms with van der Waals surface area (Å²) in [6.45, 7) is 3.16. The van der Waals surface area contributed by atoms with Crippen LogP contribution < -0.4 is 10.6 Å². The highest BCUT2D eigenvalue weighted by Crippen LogP contribution is 2.18. The fourth-order valence-electron chi connectivity index (χ4n) is 2.17. The Morgan fingerprint density at radius 2 is 2.00 bits per heavy atom. The Labute approximate surface area is 91.4 Å². The lowest BCUT2D eigenvalue weighted by Gasteiger charge is -2.32. The average Bonchev–Trinajstić information content (AvgIpc) is 2.20. The molecule has 0 spiro atoms. The van der Waals surface area contributed by atoms with Crippen LogP contribution in [0, 0.1) is 0 Å². The highest BCUT2D eigenvalue weighted by molar-refractivity contribution is 5.65. The van der Waals surface area contributed by atoms with Crippen LogP contribution in [0.1, 0.15) is 45.4 Å². The van der Waals surface area contributed by atoms with Crippen LogP contribution in [0.25, 0.3) is 0 Å². The summed E-state index contributed by atoms with van der Waals surface area (Å²) in [4.78, 5) is 10.6. The van der Waals surface area contributed by atoms with Crippen molar-refractivity contribution in [2.24, 2.45) is 0 Å². The molecule has 4 nitrogen and oxygen atoms in total. The summed E-state index contributed by atoms with van der Waals surface area (Å²) in [6, 6.07) is 0.439. The molecule has 0 bridgehead atoms. The first-order valence-corrected chi connectivity index (χ1v) is 5.97. The van der Waals surface area contributed by atoms with Gasteiger partial charge < -0.3 is 15.7 Å².